The number of carbonyl (C=O) groups excluding carboxylic acids is 1. The van der Waals surface area contributed by atoms with Gasteiger partial charge in [-0.1, -0.05) is 41.4 Å². The molecular weight excluding hydrogens is 448 g/mol. The van der Waals surface area contributed by atoms with Crippen LogP contribution in [0, 0.1) is 0 Å². The van der Waals surface area contributed by atoms with E-state index < -0.39 is 0 Å². The molecule has 1 aromatic carbocycles. The van der Waals surface area contributed by atoms with Crippen LogP contribution in [0.5, 0.6) is 0 Å². The molecule has 3 heterocycles. The summed E-state index contributed by atoms with van der Waals surface area (Å²) in [4.78, 5) is 16.5. The van der Waals surface area contributed by atoms with E-state index in [0.717, 1.165) is 29.0 Å². The number of furan rings is 1. The van der Waals surface area contributed by atoms with E-state index in [2.05, 4.69) is 63.4 Å². The van der Waals surface area contributed by atoms with Gasteiger partial charge >= 0.3 is 0 Å². The Morgan fingerprint density at radius 1 is 1.21 bits per heavy atom. The lowest BCUT2D eigenvalue weighted by Gasteiger charge is -2.35. The van der Waals surface area contributed by atoms with Gasteiger partial charge in [-0.25, -0.2) is 0 Å². The monoisotopic (exact) mass is 472 g/mol. The number of piperidine rings is 1. The Hall–Kier alpha value is -1.89. The zero-order valence-electron chi connectivity index (χ0n) is 16.5. The van der Waals surface area contributed by atoms with E-state index in [1.54, 1.807) is 23.5 Å². The number of halogens is 1. The van der Waals surface area contributed by atoms with Crippen molar-refractivity contribution in [2.75, 3.05) is 18.4 Å². The standard InChI is InChI=1S/C23H25BrN2O2S/c1-2-18-15-19(23(29-18)25-22(27)20-10-7-13-28-20)21(26-11-4-3-5-12-26)16-8-6-9-17(24)14-16/h6-10,13-15,21H,2-5,11-12H2,1H3,(H,25,27)/t21-/m1/s1. The SMILES string of the molecule is CCc1cc([C@@H](c2cccc(Br)c2)N2CCCCC2)c(NC(=O)c2ccco2)s1. The molecule has 0 aliphatic carbocycles. The van der Waals surface area contributed by atoms with Crippen molar-refractivity contribution in [1.29, 1.82) is 0 Å². The number of nitrogens with zero attached hydrogens (tertiary/aromatic N) is 1. The highest BCUT2D eigenvalue weighted by Gasteiger charge is 2.28. The first-order chi connectivity index (χ1) is 14.2. The zero-order valence-corrected chi connectivity index (χ0v) is 18.9. The molecule has 29 heavy (non-hydrogen) atoms. The number of nitrogens with one attached hydrogen (secondary N) is 1. The minimum absolute atomic E-state index is 0.122. The number of hydrogen-bond acceptors (Lipinski definition) is 4. The molecule has 152 valence electrons. The molecule has 1 aliphatic rings. The highest BCUT2D eigenvalue weighted by atomic mass is 79.9. The van der Waals surface area contributed by atoms with Crippen LogP contribution in [0.2, 0.25) is 0 Å². The van der Waals surface area contributed by atoms with E-state index in [0.29, 0.717) is 5.76 Å². The topological polar surface area (TPSA) is 45.5 Å². The smallest absolute Gasteiger partial charge is 0.291 e. The number of amides is 1. The maximum Gasteiger partial charge on any atom is 0.291 e. The molecule has 1 N–H and O–H groups in total. The van der Waals surface area contributed by atoms with Crippen molar-refractivity contribution in [3.63, 3.8) is 0 Å². The normalized spacial score (nSPS) is 15.9. The van der Waals surface area contributed by atoms with Crippen molar-refractivity contribution in [3.8, 4) is 0 Å². The van der Waals surface area contributed by atoms with Crippen molar-refractivity contribution in [3.05, 3.63) is 75.0 Å². The van der Waals surface area contributed by atoms with Crippen LogP contribution in [0.4, 0.5) is 5.00 Å². The molecule has 4 rings (SSSR count). The Morgan fingerprint density at radius 2 is 2.03 bits per heavy atom. The molecule has 1 saturated heterocycles. The summed E-state index contributed by atoms with van der Waals surface area (Å²) in [7, 11) is 0. The summed E-state index contributed by atoms with van der Waals surface area (Å²) in [5.41, 5.74) is 2.42. The fraction of sp³-hybridized carbons (Fsp3) is 0.348. The summed E-state index contributed by atoms with van der Waals surface area (Å²) in [5.74, 6) is 0.131. The fourth-order valence-corrected chi connectivity index (χ4v) is 5.39. The molecule has 0 bridgehead atoms. The molecule has 2 aromatic heterocycles. The summed E-state index contributed by atoms with van der Waals surface area (Å²) in [5, 5.41) is 4.03. The quantitative estimate of drug-likeness (QED) is 0.445. The average molecular weight is 473 g/mol. The second-order valence-electron chi connectivity index (χ2n) is 7.34. The van der Waals surface area contributed by atoms with Crippen LogP contribution in [0.3, 0.4) is 0 Å². The maximum atomic E-state index is 12.7. The highest BCUT2D eigenvalue weighted by molar-refractivity contribution is 9.10. The van der Waals surface area contributed by atoms with Gasteiger partial charge < -0.3 is 9.73 Å². The van der Waals surface area contributed by atoms with Crippen molar-refractivity contribution in [1.82, 2.24) is 4.90 Å². The second kappa shape index (κ2) is 9.28. The molecule has 1 amide bonds. The summed E-state index contributed by atoms with van der Waals surface area (Å²) in [6.45, 7) is 4.29. The van der Waals surface area contributed by atoms with Crippen LogP contribution >= 0.6 is 27.3 Å². The minimum Gasteiger partial charge on any atom is -0.459 e. The molecule has 6 heteroatoms. The van der Waals surface area contributed by atoms with E-state index in [4.69, 9.17) is 4.42 Å². The molecular formula is C23H25BrN2O2S. The van der Waals surface area contributed by atoms with Crippen LogP contribution in [0.15, 0.2) is 57.6 Å². The largest absolute Gasteiger partial charge is 0.459 e. The van der Waals surface area contributed by atoms with Gasteiger partial charge in [0.15, 0.2) is 5.76 Å². The van der Waals surface area contributed by atoms with Crippen LogP contribution in [0.1, 0.15) is 58.8 Å². The van der Waals surface area contributed by atoms with E-state index >= 15 is 0 Å². The Kier molecular flexibility index (Phi) is 6.53. The van der Waals surface area contributed by atoms with Gasteiger partial charge in [-0.2, -0.15) is 0 Å². The molecule has 3 aromatic rings. The van der Waals surface area contributed by atoms with E-state index in [1.807, 2.05) is 0 Å². The number of rotatable bonds is 6. The summed E-state index contributed by atoms with van der Waals surface area (Å²) >= 11 is 5.30. The van der Waals surface area contributed by atoms with Gasteiger partial charge in [-0.3, -0.25) is 9.69 Å². The Labute approximate surface area is 184 Å². The molecule has 1 fully saturated rings. The number of thiophene rings is 1. The second-order valence-corrected chi connectivity index (χ2v) is 9.39. The van der Waals surface area contributed by atoms with Crippen LogP contribution in [-0.2, 0) is 6.42 Å². The molecule has 0 spiro atoms. The Balaban J connectivity index is 1.75. The maximum absolute atomic E-state index is 12.7. The third-order valence-corrected chi connectivity index (χ3v) is 7.05. The Bertz CT molecular complexity index is 961. The highest BCUT2D eigenvalue weighted by Crippen LogP contribution is 2.41. The number of carbonyl (C=O) groups is 1. The van der Waals surface area contributed by atoms with Crippen LogP contribution in [0.25, 0.3) is 0 Å². The first-order valence-corrected chi connectivity index (χ1v) is 11.7. The van der Waals surface area contributed by atoms with Gasteiger partial charge in [0, 0.05) is 14.9 Å². The minimum atomic E-state index is -0.201. The summed E-state index contributed by atoms with van der Waals surface area (Å²) < 4.78 is 6.37. The van der Waals surface area contributed by atoms with E-state index in [9.17, 15) is 4.79 Å². The van der Waals surface area contributed by atoms with E-state index in [-0.39, 0.29) is 11.9 Å². The lowest BCUT2D eigenvalue weighted by molar-refractivity contribution is 0.0996. The van der Waals surface area contributed by atoms with Gasteiger partial charge in [0.05, 0.1) is 12.3 Å². The number of aryl methyl sites for hydroxylation is 1. The molecule has 0 radical (unpaired) electrons. The van der Waals surface area contributed by atoms with Gasteiger partial charge in [-0.05, 0) is 68.2 Å². The molecule has 1 aliphatic heterocycles. The number of anilines is 1. The number of benzene rings is 1. The lowest BCUT2D eigenvalue weighted by atomic mass is 9.96. The Morgan fingerprint density at radius 3 is 2.72 bits per heavy atom. The molecule has 0 unspecified atom stereocenters. The zero-order chi connectivity index (χ0) is 20.2. The number of likely N-dealkylation sites (tertiary alicyclic amines) is 1. The van der Waals surface area contributed by atoms with E-state index in [1.165, 1.54) is 41.5 Å². The third-order valence-electron chi connectivity index (χ3n) is 5.35. The summed E-state index contributed by atoms with van der Waals surface area (Å²) in [6, 6.07) is 14.3. The molecule has 1 atom stereocenters. The predicted octanol–water partition coefficient (Wildman–Crippen LogP) is 6.49. The average Bonchev–Trinajstić information content (AvgIpc) is 3.40. The fourth-order valence-electron chi connectivity index (χ4n) is 3.95. The van der Waals surface area contributed by atoms with Crippen LogP contribution in [-0.4, -0.2) is 23.9 Å². The first-order valence-electron chi connectivity index (χ1n) is 10.1. The summed E-state index contributed by atoms with van der Waals surface area (Å²) in [6.07, 6.45) is 6.18. The van der Waals surface area contributed by atoms with Crippen LogP contribution < -0.4 is 5.32 Å². The van der Waals surface area contributed by atoms with Gasteiger partial charge in [0.2, 0.25) is 0 Å². The van der Waals surface area contributed by atoms with Gasteiger partial charge in [0.1, 0.15) is 5.00 Å². The predicted molar refractivity (Wildman–Crippen MR) is 122 cm³/mol. The van der Waals surface area contributed by atoms with Crippen molar-refractivity contribution in [2.24, 2.45) is 0 Å². The van der Waals surface area contributed by atoms with Gasteiger partial charge in [-0.15, -0.1) is 11.3 Å². The van der Waals surface area contributed by atoms with Crippen molar-refractivity contribution in [2.45, 2.75) is 38.6 Å². The van der Waals surface area contributed by atoms with Crippen molar-refractivity contribution < 1.29 is 9.21 Å². The number of hydrogen-bond donors (Lipinski definition) is 1. The molecule has 4 nitrogen and oxygen atoms in total. The molecule has 0 saturated carbocycles. The third kappa shape index (κ3) is 4.65. The lowest BCUT2D eigenvalue weighted by Crippen LogP contribution is -2.34. The van der Waals surface area contributed by atoms with Crippen molar-refractivity contribution >= 4 is 38.2 Å². The van der Waals surface area contributed by atoms with Gasteiger partial charge in [0.25, 0.3) is 5.91 Å². The first kappa shape index (κ1) is 20.4.